The number of rotatable bonds is 2. The van der Waals surface area contributed by atoms with Crippen LogP contribution in [-0.4, -0.2) is 42.0 Å². The predicted octanol–water partition coefficient (Wildman–Crippen LogP) is 2.49. The van der Waals surface area contributed by atoms with Crippen LogP contribution in [0.2, 0.25) is 0 Å². The Morgan fingerprint density at radius 1 is 1.17 bits per heavy atom. The lowest BCUT2D eigenvalue weighted by Crippen LogP contribution is -2.50. The van der Waals surface area contributed by atoms with Gasteiger partial charge in [-0.05, 0) is 31.4 Å². The fraction of sp³-hybridized carbons (Fsp3) is 0.444. The van der Waals surface area contributed by atoms with Crippen molar-refractivity contribution in [2.24, 2.45) is 0 Å². The first-order valence-corrected chi connectivity index (χ1v) is 9.38. The third-order valence-electron chi connectivity index (χ3n) is 4.98. The Bertz CT molecular complexity index is 722. The van der Waals surface area contributed by atoms with Gasteiger partial charge in [0.1, 0.15) is 0 Å². The minimum Gasteiger partial charge on any atom is -0.375 e. The number of nitrogen functional groups attached to an aromatic ring is 1. The summed E-state index contributed by atoms with van der Waals surface area (Å²) in [6.45, 7) is 3.32. The number of carbonyl (C=O) groups is 1. The number of fused-ring (bicyclic) bond motifs is 1. The molecule has 1 saturated heterocycles. The number of benzene rings is 1. The molecule has 0 saturated carbocycles. The summed E-state index contributed by atoms with van der Waals surface area (Å²) in [5.41, 5.74) is 8.03. The Balaban J connectivity index is 1.44. The molecule has 2 aromatic rings. The maximum atomic E-state index is 13.0. The third kappa shape index (κ3) is 2.86. The Morgan fingerprint density at radius 2 is 1.92 bits per heavy atom. The minimum absolute atomic E-state index is 0.0921. The highest BCUT2D eigenvalue weighted by molar-refractivity contribution is 7.15. The van der Waals surface area contributed by atoms with Crippen LogP contribution in [0.15, 0.2) is 30.3 Å². The number of amides is 1. The number of hydrogen-bond donors (Lipinski definition) is 1. The number of aromatic nitrogens is 1. The van der Waals surface area contributed by atoms with Gasteiger partial charge in [0, 0.05) is 36.7 Å². The van der Waals surface area contributed by atoms with E-state index in [4.69, 9.17) is 5.73 Å². The molecule has 6 heteroatoms. The van der Waals surface area contributed by atoms with Crippen LogP contribution in [0, 0.1) is 0 Å². The summed E-state index contributed by atoms with van der Waals surface area (Å²) < 4.78 is 0. The zero-order valence-electron chi connectivity index (χ0n) is 13.6. The van der Waals surface area contributed by atoms with Gasteiger partial charge in [0.05, 0.1) is 11.6 Å². The standard InChI is InChI=1S/C18H22N4OS/c19-18-20-16-14(7-4-8-15(16)24-18)17(23)22-11-9-21(10-12-22)13-5-2-1-3-6-13/h1-3,5-6,14H,4,7-12H2,(H2,19,20). The minimum atomic E-state index is -0.0921. The third-order valence-corrected chi connectivity index (χ3v) is 5.94. The summed E-state index contributed by atoms with van der Waals surface area (Å²) in [4.78, 5) is 23.0. The van der Waals surface area contributed by atoms with Gasteiger partial charge >= 0.3 is 0 Å². The summed E-state index contributed by atoms with van der Waals surface area (Å²) in [6, 6.07) is 10.4. The molecule has 24 heavy (non-hydrogen) atoms. The van der Waals surface area contributed by atoms with Crippen molar-refractivity contribution in [2.75, 3.05) is 36.8 Å². The highest BCUT2D eigenvalue weighted by Gasteiger charge is 2.34. The van der Waals surface area contributed by atoms with Crippen molar-refractivity contribution in [3.63, 3.8) is 0 Å². The fourth-order valence-corrected chi connectivity index (χ4v) is 4.66. The van der Waals surface area contributed by atoms with Crippen LogP contribution < -0.4 is 10.6 Å². The molecular weight excluding hydrogens is 320 g/mol. The van der Waals surface area contributed by atoms with Crippen molar-refractivity contribution < 1.29 is 4.79 Å². The van der Waals surface area contributed by atoms with Crippen LogP contribution in [0.4, 0.5) is 10.8 Å². The van der Waals surface area contributed by atoms with Gasteiger partial charge in [0.2, 0.25) is 5.91 Å². The molecule has 2 N–H and O–H groups in total. The molecule has 1 aromatic carbocycles. The number of anilines is 2. The van der Waals surface area contributed by atoms with Crippen molar-refractivity contribution in [1.29, 1.82) is 0 Å². The summed E-state index contributed by atoms with van der Waals surface area (Å²) in [5, 5.41) is 0.591. The zero-order valence-corrected chi connectivity index (χ0v) is 14.5. The highest BCUT2D eigenvalue weighted by Crippen LogP contribution is 2.37. The van der Waals surface area contributed by atoms with Gasteiger partial charge in [-0.3, -0.25) is 4.79 Å². The second-order valence-electron chi connectivity index (χ2n) is 6.45. The van der Waals surface area contributed by atoms with Gasteiger partial charge in [0.15, 0.2) is 5.13 Å². The number of nitrogens with two attached hydrogens (primary N) is 1. The van der Waals surface area contributed by atoms with E-state index in [1.54, 1.807) is 11.3 Å². The van der Waals surface area contributed by atoms with Gasteiger partial charge in [-0.25, -0.2) is 4.98 Å². The molecule has 0 spiro atoms. The molecule has 1 aliphatic carbocycles. The predicted molar refractivity (Wildman–Crippen MR) is 97.4 cm³/mol. The fourth-order valence-electron chi connectivity index (χ4n) is 3.72. The van der Waals surface area contributed by atoms with Crippen LogP contribution in [0.25, 0.3) is 0 Å². The molecule has 1 atom stereocenters. The largest absolute Gasteiger partial charge is 0.375 e. The number of thiazole rings is 1. The van der Waals surface area contributed by atoms with E-state index < -0.39 is 0 Å². The monoisotopic (exact) mass is 342 g/mol. The first kappa shape index (κ1) is 15.4. The quantitative estimate of drug-likeness (QED) is 0.911. The SMILES string of the molecule is Nc1nc2c(s1)CCCC2C(=O)N1CCN(c2ccccc2)CC1. The average Bonchev–Trinajstić information content (AvgIpc) is 3.02. The number of para-hydroxylation sites is 1. The molecule has 2 aliphatic rings. The summed E-state index contributed by atoms with van der Waals surface area (Å²) in [7, 11) is 0. The number of carbonyl (C=O) groups excluding carboxylic acids is 1. The van der Waals surface area contributed by atoms with E-state index in [-0.39, 0.29) is 11.8 Å². The molecule has 1 aromatic heterocycles. The zero-order chi connectivity index (χ0) is 16.5. The maximum Gasteiger partial charge on any atom is 0.231 e. The van der Waals surface area contributed by atoms with Crippen LogP contribution in [0.5, 0.6) is 0 Å². The number of piperazine rings is 1. The van der Waals surface area contributed by atoms with E-state index >= 15 is 0 Å². The van der Waals surface area contributed by atoms with Gasteiger partial charge in [-0.15, -0.1) is 11.3 Å². The first-order chi connectivity index (χ1) is 11.7. The first-order valence-electron chi connectivity index (χ1n) is 8.56. The van der Waals surface area contributed by atoms with E-state index in [0.29, 0.717) is 5.13 Å². The number of aryl methyl sites for hydroxylation is 1. The van der Waals surface area contributed by atoms with Gasteiger partial charge in [-0.2, -0.15) is 0 Å². The molecule has 4 rings (SSSR count). The second kappa shape index (κ2) is 6.43. The molecule has 5 nitrogen and oxygen atoms in total. The lowest BCUT2D eigenvalue weighted by molar-refractivity contribution is -0.133. The lowest BCUT2D eigenvalue weighted by atomic mass is 9.89. The summed E-state index contributed by atoms with van der Waals surface area (Å²) in [5.74, 6) is 0.138. The van der Waals surface area contributed by atoms with Crippen LogP contribution in [0.1, 0.15) is 29.3 Å². The Morgan fingerprint density at radius 3 is 2.67 bits per heavy atom. The Kier molecular flexibility index (Phi) is 4.14. The van der Waals surface area contributed by atoms with E-state index in [2.05, 4.69) is 34.1 Å². The molecular formula is C18H22N4OS. The lowest BCUT2D eigenvalue weighted by Gasteiger charge is -2.38. The van der Waals surface area contributed by atoms with Gasteiger partial charge < -0.3 is 15.5 Å². The van der Waals surface area contributed by atoms with E-state index in [9.17, 15) is 4.79 Å². The molecule has 0 bridgehead atoms. The maximum absolute atomic E-state index is 13.0. The normalized spacial score (nSPS) is 20.8. The number of nitrogens with zero attached hydrogens (tertiary/aromatic N) is 3. The van der Waals surface area contributed by atoms with Crippen molar-refractivity contribution in [1.82, 2.24) is 9.88 Å². The molecule has 2 heterocycles. The van der Waals surface area contributed by atoms with Crippen LogP contribution in [0.3, 0.4) is 0 Å². The molecule has 0 radical (unpaired) electrons. The van der Waals surface area contributed by atoms with E-state index in [1.165, 1.54) is 10.6 Å². The molecule has 1 amide bonds. The molecule has 1 aliphatic heterocycles. The van der Waals surface area contributed by atoms with Crippen molar-refractivity contribution in [3.8, 4) is 0 Å². The Labute approximate surface area is 146 Å². The van der Waals surface area contributed by atoms with E-state index in [0.717, 1.165) is 51.1 Å². The van der Waals surface area contributed by atoms with Crippen molar-refractivity contribution >= 4 is 28.1 Å². The van der Waals surface area contributed by atoms with Gasteiger partial charge in [0.25, 0.3) is 0 Å². The van der Waals surface area contributed by atoms with E-state index in [1.807, 2.05) is 11.0 Å². The second-order valence-corrected chi connectivity index (χ2v) is 7.57. The number of hydrogen-bond acceptors (Lipinski definition) is 5. The molecule has 1 unspecified atom stereocenters. The topological polar surface area (TPSA) is 62.5 Å². The van der Waals surface area contributed by atoms with Gasteiger partial charge in [-0.1, -0.05) is 18.2 Å². The van der Waals surface area contributed by atoms with Crippen LogP contribution in [-0.2, 0) is 11.2 Å². The average molecular weight is 342 g/mol. The Hall–Kier alpha value is -2.08. The van der Waals surface area contributed by atoms with Crippen LogP contribution >= 0.6 is 11.3 Å². The smallest absolute Gasteiger partial charge is 0.231 e. The highest BCUT2D eigenvalue weighted by atomic mass is 32.1. The van der Waals surface area contributed by atoms with Crippen molar-refractivity contribution in [3.05, 3.63) is 40.9 Å². The summed E-state index contributed by atoms with van der Waals surface area (Å²) in [6.07, 6.45) is 2.96. The van der Waals surface area contributed by atoms with Crippen molar-refractivity contribution in [2.45, 2.75) is 25.2 Å². The molecule has 126 valence electrons. The molecule has 1 fully saturated rings. The summed E-state index contributed by atoms with van der Waals surface area (Å²) >= 11 is 1.54.